The van der Waals surface area contributed by atoms with Crippen molar-refractivity contribution in [3.8, 4) is 17.1 Å². The molecule has 1 aromatic carbocycles. The third-order valence-corrected chi connectivity index (χ3v) is 2.96. The van der Waals surface area contributed by atoms with Crippen LogP contribution in [0.2, 0.25) is 5.02 Å². The number of ether oxygens (including phenoxy) is 1. The van der Waals surface area contributed by atoms with Gasteiger partial charge in [0.2, 0.25) is 5.88 Å². The van der Waals surface area contributed by atoms with Crippen LogP contribution in [0.25, 0.3) is 11.3 Å². The van der Waals surface area contributed by atoms with Crippen molar-refractivity contribution in [2.75, 3.05) is 12.1 Å². The molecule has 2 rings (SSSR count). The van der Waals surface area contributed by atoms with Crippen LogP contribution in [0.5, 0.6) is 5.88 Å². The summed E-state index contributed by atoms with van der Waals surface area (Å²) in [6.07, 6.45) is 2.78. The first-order chi connectivity index (χ1) is 10.0. The number of halogens is 2. The zero-order valence-corrected chi connectivity index (χ0v) is 12.6. The second-order valence-corrected chi connectivity index (χ2v) is 4.90. The quantitative estimate of drug-likeness (QED) is 0.510. The van der Waals surface area contributed by atoms with Crippen molar-refractivity contribution in [2.24, 2.45) is 11.6 Å². The molecule has 1 aromatic heterocycles. The average molecular weight is 326 g/mol. The monoisotopic (exact) mass is 325 g/mol. The number of benzene rings is 1. The first-order valence-corrected chi connectivity index (χ1v) is 6.59. The molecular weight excluding hydrogens is 313 g/mol. The smallest absolute Gasteiger partial charge is 0.216 e. The van der Waals surface area contributed by atoms with Crippen molar-refractivity contribution >= 4 is 28.9 Å². The maximum atomic E-state index is 6.05. The van der Waals surface area contributed by atoms with E-state index >= 15 is 0 Å². The van der Waals surface area contributed by atoms with Gasteiger partial charge >= 0.3 is 0 Å². The highest BCUT2D eigenvalue weighted by molar-refractivity contribution is 6.31. The van der Waals surface area contributed by atoms with Gasteiger partial charge in [0.15, 0.2) is 0 Å². The van der Waals surface area contributed by atoms with Gasteiger partial charge < -0.3 is 10.5 Å². The van der Waals surface area contributed by atoms with Crippen LogP contribution in [-0.4, -0.2) is 17.1 Å². The van der Waals surface area contributed by atoms with E-state index in [2.05, 4.69) is 9.97 Å². The zero-order valence-electron chi connectivity index (χ0n) is 11.1. The normalized spacial score (nSPS) is 11.3. The molecule has 8 heteroatoms. The number of hydrogen-bond donors (Lipinski definition) is 2. The van der Waals surface area contributed by atoms with Gasteiger partial charge in [0, 0.05) is 16.7 Å². The van der Waals surface area contributed by atoms with E-state index in [1.165, 1.54) is 24.6 Å². The molecule has 0 saturated carbocycles. The Labute approximate surface area is 131 Å². The van der Waals surface area contributed by atoms with Crippen LogP contribution in [-0.2, 0) is 0 Å². The van der Waals surface area contributed by atoms with E-state index < -0.39 is 0 Å². The molecule has 0 saturated heterocycles. The summed E-state index contributed by atoms with van der Waals surface area (Å²) < 4.78 is 5.09. The number of nitrogens with zero attached hydrogens (tertiary/aromatic N) is 3. The molecular formula is C13H13Cl2N5O. The molecule has 6 nitrogen and oxygen atoms in total. The standard InChI is InChI=1S/C13H13Cl2N5O/c1-21-13-5-10(18-7-19-13)9-4-8(14)2-3-11(9)20(17)6-12(15)16/h2-7H,16-17H2,1H3/b12-6-. The lowest BCUT2D eigenvalue weighted by atomic mass is 10.1. The first-order valence-electron chi connectivity index (χ1n) is 5.84. The highest BCUT2D eigenvalue weighted by Gasteiger charge is 2.12. The molecule has 0 spiro atoms. The van der Waals surface area contributed by atoms with E-state index in [1.807, 2.05) is 0 Å². The fourth-order valence-electron chi connectivity index (χ4n) is 1.74. The highest BCUT2D eigenvalue weighted by Crippen LogP contribution is 2.32. The van der Waals surface area contributed by atoms with E-state index in [0.29, 0.717) is 27.8 Å². The Morgan fingerprint density at radius 2 is 2.10 bits per heavy atom. The van der Waals surface area contributed by atoms with Crippen molar-refractivity contribution in [3.63, 3.8) is 0 Å². The van der Waals surface area contributed by atoms with E-state index in [9.17, 15) is 0 Å². The summed E-state index contributed by atoms with van der Waals surface area (Å²) in [4.78, 5) is 8.17. The third kappa shape index (κ3) is 3.75. The Hall–Kier alpha value is -2.02. The number of hydrazine groups is 1. The molecule has 0 radical (unpaired) electrons. The van der Waals surface area contributed by atoms with Crippen molar-refractivity contribution < 1.29 is 4.74 Å². The molecule has 0 bridgehead atoms. The van der Waals surface area contributed by atoms with Crippen molar-refractivity contribution in [2.45, 2.75) is 0 Å². The number of nitrogens with two attached hydrogens (primary N) is 2. The molecule has 1 heterocycles. The minimum absolute atomic E-state index is 0.0543. The highest BCUT2D eigenvalue weighted by atomic mass is 35.5. The number of anilines is 1. The molecule has 0 fully saturated rings. The summed E-state index contributed by atoms with van der Waals surface area (Å²) in [6.45, 7) is 0. The Morgan fingerprint density at radius 3 is 2.76 bits per heavy atom. The molecule has 4 N–H and O–H groups in total. The fraction of sp³-hybridized carbons (Fsp3) is 0.0769. The van der Waals surface area contributed by atoms with Crippen molar-refractivity contribution in [3.05, 3.63) is 47.0 Å². The Kier molecular flexibility index (Phi) is 4.85. The molecule has 0 aliphatic heterocycles. The van der Waals surface area contributed by atoms with Crippen LogP contribution >= 0.6 is 23.2 Å². The van der Waals surface area contributed by atoms with Gasteiger partial charge in [-0.1, -0.05) is 23.2 Å². The molecule has 21 heavy (non-hydrogen) atoms. The van der Waals surface area contributed by atoms with Gasteiger partial charge in [-0.3, -0.25) is 5.01 Å². The SMILES string of the molecule is COc1cc(-c2cc(Cl)ccc2N(N)/C=C(\N)Cl)ncn1. The predicted octanol–water partition coefficient (Wildman–Crippen LogP) is 2.48. The Bertz CT molecular complexity index is 673. The Morgan fingerprint density at radius 1 is 1.33 bits per heavy atom. The lowest BCUT2D eigenvalue weighted by Crippen LogP contribution is -2.26. The van der Waals surface area contributed by atoms with Gasteiger partial charge in [-0.05, 0) is 18.2 Å². The van der Waals surface area contributed by atoms with Crippen molar-refractivity contribution in [1.82, 2.24) is 9.97 Å². The van der Waals surface area contributed by atoms with Gasteiger partial charge in [0.1, 0.15) is 11.5 Å². The largest absolute Gasteiger partial charge is 0.481 e. The number of methoxy groups -OCH3 is 1. The second-order valence-electron chi connectivity index (χ2n) is 4.03. The second kappa shape index (κ2) is 6.62. The molecule has 0 atom stereocenters. The Balaban J connectivity index is 2.55. The maximum Gasteiger partial charge on any atom is 0.216 e. The van der Waals surface area contributed by atoms with Gasteiger partial charge in [-0.25, -0.2) is 15.8 Å². The molecule has 0 aliphatic carbocycles. The summed E-state index contributed by atoms with van der Waals surface area (Å²) in [6, 6.07) is 6.85. The van der Waals surface area contributed by atoms with Crippen LogP contribution in [0, 0.1) is 0 Å². The molecule has 0 amide bonds. The van der Waals surface area contributed by atoms with Crippen LogP contribution in [0.15, 0.2) is 41.9 Å². The number of hydrogen-bond acceptors (Lipinski definition) is 6. The van der Waals surface area contributed by atoms with Crippen molar-refractivity contribution in [1.29, 1.82) is 0 Å². The minimum Gasteiger partial charge on any atom is -0.481 e. The zero-order chi connectivity index (χ0) is 15.4. The van der Waals surface area contributed by atoms with E-state index in [4.69, 9.17) is 39.5 Å². The molecule has 2 aromatic rings. The predicted molar refractivity (Wildman–Crippen MR) is 83.8 cm³/mol. The average Bonchev–Trinajstić information content (AvgIpc) is 2.46. The summed E-state index contributed by atoms with van der Waals surface area (Å²) in [7, 11) is 1.52. The molecule has 0 aliphatic rings. The topological polar surface area (TPSA) is 90.3 Å². The van der Waals surface area contributed by atoms with Crippen LogP contribution in [0.4, 0.5) is 5.69 Å². The molecule has 110 valence electrons. The number of rotatable bonds is 4. The lowest BCUT2D eigenvalue weighted by molar-refractivity contribution is 0.397. The van der Waals surface area contributed by atoms with E-state index in [0.717, 1.165) is 0 Å². The van der Waals surface area contributed by atoms with E-state index in [-0.39, 0.29) is 5.16 Å². The number of aromatic nitrogens is 2. The fourth-order valence-corrected chi connectivity index (χ4v) is 2.02. The van der Waals surface area contributed by atoms with Gasteiger partial charge in [0.25, 0.3) is 0 Å². The maximum absolute atomic E-state index is 6.05. The van der Waals surface area contributed by atoms with E-state index in [1.54, 1.807) is 24.3 Å². The lowest BCUT2D eigenvalue weighted by Gasteiger charge is -2.18. The summed E-state index contributed by atoms with van der Waals surface area (Å²) in [5.74, 6) is 6.36. The van der Waals surface area contributed by atoms with Crippen LogP contribution < -0.4 is 21.3 Å². The van der Waals surface area contributed by atoms with Gasteiger partial charge in [-0.2, -0.15) is 0 Å². The van der Waals surface area contributed by atoms with Crippen LogP contribution in [0.3, 0.4) is 0 Å². The van der Waals surface area contributed by atoms with Gasteiger partial charge in [-0.15, -0.1) is 0 Å². The third-order valence-electron chi connectivity index (χ3n) is 2.63. The molecule has 0 unspecified atom stereocenters. The summed E-state index contributed by atoms with van der Waals surface area (Å²) >= 11 is 11.7. The summed E-state index contributed by atoms with van der Waals surface area (Å²) in [5.41, 5.74) is 7.36. The van der Waals surface area contributed by atoms with Crippen LogP contribution in [0.1, 0.15) is 0 Å². The first kappa shape index (κ1) is 15.4. The van der Waals surface area contributed by atoms with Gasteiger partial charge in [0.05, 0.1) is 24.7 Å². The minimum atomic E-state index is 0.0543. The summed E-state index contributed by atoms with van der Waals surface area (Å²) in [5, 5.41) is 1.89.